The fourth-order valence-corrected chi connectivity index (χ4v) is 0.787. The first-order chi connectivity index (χ1) is 4.12. The SMILES string of the molecule is [CH2-]CCC(C)([O-])/C=C/C.[Li+].[Li+]. The quantitative estimate of drug-likeness (QED) is 0.219. The summed E-state index contributed by atoms with van der Waals surface area (Å²) in [5, 5.41) is 11.2. The summed E-state index contributed by atoms with van der Waals surface area (Å²) in [6.07, 6.45) is 4.81. The molecule has 3 heteroatoms. The summed E-state index contributed by atoms with van der Waals surface area (Å²) in [5.74, 6) is 0. The molecule has 0 aromatic heterocycles. The molecule has 0 saturated carbocycles. The van der Waals surface area contributed by atoms with Gasteiger partial charge in [0, 0.05) is 0 Å². The van der Waals surface area contributed by atoms with Gasteiger partial charge >= 0.3 is 37.7 Å². The predicted molar refractivity (Wildman–Crippen MR) is 37.8 cm³/mol. The molecule has 0 N–H and O–H groups in total. The van der Waals surface area contributed by atoms with Gasteiger partial charge in [0.05, 0.1) is 0 Å². The molecule has 0 aromatic rings. The van der Waals surface area contributed by atoms with Gasteiger partial charge in [-0.05, 0) is 6.92 Å². The van der Waals surface area contributed by atoms with Crippen molar-refractivity contribution in [2.24, 2.45) is 0 Å². The molecule has 0 aromatic carbocycles. The van der Waals surface area contributed by atoms with Gasteiger partial charge in [-0.1, -0.05) is 25.5 Å². The molecule has 0 bridgehead atoms. The van der Waals surface area contributed by atoms with E-state index in [4.69, 9.17) is 0 Å². The zero-order valence-electron chi connectivity index (χ0n) is 8.18. The number of hydrogen-bond acceptors (Lipinski definition) is 1. The molecule has 1 nitrogen and oxygen atoms in total. The van der Waals surface area contributed by atoms with Crippen molar-refractivity contribution < 1.29 is 42.8 Å². The maximum atomic E-state index is 11.2. The van der Waals surface area contributed by atoms with Crippen LogP contribution in [0.1, 0.15) is 26.7 Å². The van der Waals surface area contributed by atoms with Gasteiger partial charge in [0.1, 0.15) is 0 Å². The average Bonchev–Trinajstić information content (AvgIpc) is 1.64. The van der Waals surface area contributed by atoms with Crippen molar-refractivity contribution in [2.45, 2.75) is 32.3 Å². The Morgan fingerprint density at radius 3 is 2.18 bits per heavy atom. The zero-order chi connectivity index (χ0) is 7.33. The first-order valence-corrected chi connectivity index (χ1v) is 3.26. The molecule has 0 aliphatic rings. The van der Waals surface area contributed by atoms with Crippen LogP contribution in [0.25, 0.3) is 0 Å². The zero-order valence-corrected chi connectivity index (χ0v) is 8.18. The van der Waals surface area contributed by atoms with Crippen molar-refractivity contribution in [1.29, 1.82) is 0 Å². The minimum atomic E-state index is -0.892. The van der Waals surface area contributed by atoms with Crippen molar-refractivity contribution in [3.05, 3.63) is 19.1 Å². The van der Waals surface area contributed by atoms with Gasteiger partial charge in [-0.15, -0.1) is 5.60 Å². The smallest absolute Gasteiger partial charge is 0.847 e. The van der Waals surface area contributed by atoms with Crippen molar-refractivity contribution in [2.75, 3.05) is 0 Å². The van der Waals surface area contributed by atoms with E-state index >= 15 is 0 Å². The molecule has 0 spiro atoms. The molecular formula is C8H14Li2O. The molecule has 0 aliphatic carbocycles. The molecule has 54 valence electrons. The largest absolute Gasteiger partial charge is 1.00 e. The molecule has 0 aliphatic heterocycles. The van der Waals surface area contributed by atoms with Gasteiger partial charge in [-0.25, -0.2) is 0 Å². The summed E-state index contributed by atoms with van der Waals surface area (Å²) in [7, 11) is 0. The average molecular weight is 140 g/mol. The second-order valence-electron chi connectivity index (χ2n) is 2.42. The van der Waals surface area contributed by atoms with E-state index in [1.165, 1.54) is 0 Å². The minimum absolute atomic E-state index is 0. The van der Waals surface area contributed by atoms with Gasteiger partial charge in [0.15, 0.2) is 0 Å². The van der Waals surface area contributed by atoms with Crippen molar-refractivity contribution in [3.63, 3.8) is 0 Å². The van der Waals surface area contributed by atoms with Crippen molar-refractivity contribution in [3.8, 4) is 0 Å². The topological polar surface area (TPSA) is 23.1 Å². The molecule has 0 amide bonds. The van der Waals surface area contributed by atoms with Gasteiger partial charge in [0.25, 0.3) is 0 Å². The van der Waals surface area contributed by atoms with Gasteiger partial charge in [-0.3, -0.25) is 0 Å². The summed E-state index contributed by atoms with van der Waals surface area (Å²) in [5.41, 5.74) is -0.892. The van der Waals surface area contributed by atoms with Crippen LogP contribution in [-0.2, 0) is 0 Å². The van der Waals surface area contributed by atoms with Crippen LogP contribution < -0.4 is 42.8 Å². The van der Waals surface area contributed by atoms with Gasteiger partial charge in [0.2, 0.25) is 0 Å². The molecule has 0 fully saturated rings. The second-order valence-corrected chi connectivity index (χ2v) is 2.42. The van der Waals surface area contributed by atoms with E-state index in [-0.39, 0.29) is 37.7 Å². The molecule has 0 radical (unpaired) electrons. The number of rotatable bonds is 3. The summed E-state index contributed by atoms with van der Waals surface area (Å²) in [6, 6.07) is 0. The van der Waals surface area contributed by atoms with Crippen LogP contribution in [-0.4, -0.2) is 5.60 Å². The fourth-order valence-electron chi connectivity index (χ4n) is 0.787. The van der Waals surface area contributed by atoms with Crippen molar-refractivity contribution in [1.82, 2.24) is 0 Å². The van der Waals surface area contributed by atoms with E-state index in [0.29, 0.717) is 12.8 Å². The van der Waals surface area contributed by atoms with Crippen LogP contribution in [0.4, 0.5) is 0 Å². The van der Waals surface area contributed by atoms with Crippen LogP contribution in [0.2, 0.25) is 0 Å². The standard InChI is InChI=1S/C8H14O.2Li/c1-4-6-8(3,9)7-5-2;;/h5,7H,1,4,6H2,2-3H3;;/q-2;2*+1/b7-5+;;. The predicted octanol–water partition coefficient (Wildman–Crippen LogP) is -4.70. The molecule has 0 heterocycles. The van der Waals surface area contributed by atoms with Gasteiger partial charge < -0.3 is 12.0 Å². The molecule has 0 saturated heterocycles. The molecule has 0 rings (SSSR count). The monoisotopic (exact) mass is 140 g/mol. The Morgan fingerprint density at radius 1 is 1.45 bits per heavy atom. The Balaban J connectivity index is -0.000000320. The Hall–Kier alpha value is 0.895. The third kappa shape index (κ3) is 10.9. The van der Waals surface area contributed by atoms with E-state index in [2.05, 4.69) is 6.92 Å². The van der Waals surface area contributed by atoms with Gasteiger partial charge in [-0.2, -0.15) is 6.42 Å². The summed E-state index contributed by atoms with van der Waals surface area (Å²) in [6.45, 7) is 7.16. The maximum absolute atomic E-state index is 11.2. The third-order valence-electron chi connectivity index (χ3n) is 1.19. The van der Waals surface area contributed by atoms with E-state index in [1.54, 1.807) is 19.1 Å². The van der Waals surface area contributed by atoms with Crippen LogP contribution >= 0.6 is 0 Å². The summed E-state index contributed by atoms with van der Waals surface area (Å²) in [4.78, 5) is 0. The number of allylic oxidation sites excluding steroid dienone is 1. The van der Waals surface area contributed by atoms with E-state index in [0.717, 1.165) is 0 Å². The molecular weight excluding hydrogens is 126 g/mol. The Labute approximate surface area is 94.0 Å². The van der Waals surface area contributed by atoms with E-state index in [1.807, 2.05) is 6.92 Å². The first-order valence-electron chi connectivity index (χ1n) is 3.26. The Morgan fingerprint density at radius 2 is 1.91 bits per heavy atom. The van der Waals surface area contributed by atoms with Crippen LogP contribution in [0.15, 0.2) is 12.2 Å². The Bertz CT molecular complexity index is 100. The second kappa shape index (κ2) is 8.99. The third-order valence-corrected chi connectivity index (χ3v) is 1.19. The fraction of sp³-hybridized carbons (Fsp3) is 0.625. The molecule has 11 heavy (non-hydrogen) atoms. The van der Waals surface area contributed by atoms with Crippen LogP contribution in [0.3, 0.4) is 0 Å². The number of hydrogen-bond donors (Lipinski definition) is 0. The normalized spacial score (nSPS) is 14.9. The van der Waals surface area contributed by atoms with E-state index in [9.17, 15) is 5.11 Å². The Kier molecular flexibility index (Phi) is 14.6. The summed E-state index contributed by atoms with van der Waals surface area (Å²) >= 11 is 0. The van der Waals surface area contributed by atoms with E-state index < -0.39 is 5.60 Å². The minimum Gasteiger partial charge on any atom is -0.847 e. The molecule has 1 unspecified atom stereocenters. The summed E-state index contributed by atoms with van der Waals surface area (Å²) < 4.78 is 0. The first kappa shape index (κ1) is 17.8. The maximum Gasteiger partial charge on any atom is 1.00 e. The van der Waals surface area contributed by atoms with Crippen LogP contribution in [0, 0.1) is 6.92 Å². The molecule has 1 atom stereocenters. The van der Waals surface area contributed by atoms with Crippen molar-refractivity contribution >= 4 is 0 Å². The van der Waals surface area contributed by atoms with Crippen LogP contribution in [0.5, 0.6) is 0 Å².